The van der Waals surface area contributed by atoms with Gasteiger partial charge in [-0.25, -0.2) is 0 Å². The van der Waals surface area contributed by atoms with Gasteiger partial charge in [0.1, 0.15) is 6.04 Å². The summed E-state index contributed by atoms with van der Waals surface area (Å²) in [6, 6.07) is 5.40. The molecule has 1 aliphatic rings. The third kappa shape index (κ3) is 2.44. The van der Waals surface area contributed by atoms with E-state index in [9.17, 15) is 4.79 Å². The third-order valence-electron chi connectivity index (χ3n) is 3.44. The number of rotatable bonds is 3. The minimum Gasteiger partial charge on any atom is -0.368 e. The molecule has 4 N–H and O–H groups in total. The lowest BCUT2D eigenvalue weighted by molar-refractivity contribution is -0.119. The first-order valence-corrected chi connectivity index (χ1v) is 6.56. The molecule has 5 heteroatoms. The molecule has 1 heterocycles. The first kappa shape index (κ1) is 13.2. The number of piperidine rings is 1. The van der Waals surface area contributed by atoms with Crippen molar-refractivity contribution in [3.63, 3.8) is 0 Å². The number of benzene rings is 1. The molecule has 0 bridgehead atoms. The smallest absolute Gasteiger partial charge is 0.240 e. The maximum absolute atomic E-state index is 11.5. The lowest BCUT2D eigenvalue weighted by Crippen LogP contribution is -2.48. The van der Waals surface area contributed by atoms with Gasteiger partial charge in [-0.3, -0.25) is 4.79 Å². The zero-order valence-corrected chi connectivity index (χ0v) is 11.0. The van der Waals surface area contributed by atoms with Gasteiger partial charge in [-0.15, -0.1) is 0 Å². The van der Waals surface area contributed by atoms with Crippen molar-refractivity contribution >= 4 is 23.2 Å². The van der Waals surface area contributed by atoms with Gasteiger partial charge in [-0.1, -0.05) is 17.7 Å². The van der Waals surface area contributed by atoms with Crippen molar-refractivity contribution in [2.75, 3.05) is 11.4 Å². The van der Waals surface area contributed by atoms with E-state index in [1.165, 1.54) is 0 Å². The average molecular weight is 268 g/mol. The highest BCUT2D eigenvalue weighted by Crippen LogP contribution is 2.31. The van der Waals surface area contributed by atoms with Crippen LogP contribution < -0.4 is 16.4 Å². The van der Waals surface area contributed by atoms with Crippen molar-refractivity contribution in [2.45, 2.75) is 31.8 Å². The van der Waals surface area contributed by atoms with Crippen LogP contribution in [0.1, 0.15) is 24.8 Å². The highest BCUT2D eigenvalue weighted by Gasteiger charge is 2.28. The summed E-state index contributed by atoms with van der Waals surface area (Å²) in [5, 5.41) is 0.642. The van der Waals surface area contributed by atoms with E-state index in [0.29, 0.717) is 11.6 Å². The monoisotopic (exact) mass is 267 g/mol. The van der Waals surface area contributed by atoms with Gasteiger partial charge in [0.15, 0.2) is 0 Å². The van der Waals surface area contributed by atoms with Crippen molar-refractivity contribution in [1.82, 2.24) is 0 Å². The standard InChI is InChI=1S/C13H18ClN3O/c14-10-4-3-6-11(9(10)8-15)17-7-2-1-5-12(17)13(16)18/h3-4,6,12H,1-2,5,7-8,15H2,(H2,16,18). The predicted octanol–water partition coefficient (Wildman–Crippen LogP) is 1.64. The molecule has 1 saturated heterocycles. The molecule has 0 radical (unpaired) electrons. The largest absolute Gasteiger partial charge is 0.368 e. The summed E-state index contributed by atoms with van der Waals surface area (Å²) < 4.78 is 0. The number of anilines is 1. The normalized spacial score (nSPS) is 19.9. The Morgan fingerprint density at radius 2 is 2.22 bits per heavy atom. The van der Waals surface area contributed by atoms with E-state index in [2.05, 4.69) is 0 Å². The van der Waals surface area contributed by atoms with Crippen molar-refractivity contribution in [1.29, 1.82) is 0 Å². The minimum atomic E-state index is -0.280. The lowest BCUT2D eigenvalue weighted by Gasteiger charge is -2.36. The number of primary amides is 1. The molecule has 18 heavy (non-hydrogen) atoms. The summed E-state index contributed by atoms with van der Waals surface area (Å²) in [6.07, 6.45) is 2.88. The Bertz CT molecular complexity index is 450. The Morgan fingerprint density at radius 3 is 2.89 bits per heavy atom. The maximum Gasteiger partial charge on any atom is 0.240 e. The highest BCUT2D eigenvalue weighted by molar-refractivity contribution is 6.31. The fourth-order valence-electron chi connectivity index (χ4n) is 2.53. The summed E-state index contributed by atoms with van der Waals surface area (Å²) in [4.78, 5) is 13.6. The molecular weight excluding hydrogens is 250 g/mol. The van der Waals surface area contributed by atoms with Gasteiger partial charge in [-0.2, -0.15) is 0 Å². The molecule has 1 aromatic carbocycles. The van der Waals surface area contributed by atoms with Crippen LogP contribution in [0.2, 0.25) is 5.02 Å². The van der Waals surface area contributed by atoms with Gasteiger partial charge in [0.05, 0.1) is 0 Å². The Balaban J connectivity index is 2.39. The molecule has 2 rings (SSSR count). The first-order valence-electron chi connectivity index (χ1n) is 6.18. The number of halogens is 1. The summed E-state index contributed by atoms with van der Waals surface area (Å²) >= 11 is 6.15. The first-order chi connectivity index (χ1) is 8.65. The zero-order chi connectivity index (χ0) is 13.1. The minimum absolute atomic E-state index is 0.248. The van der Waals surface area contributed by atoms with Gasteiger partial charge in [0.2, 0.25) is 5.91 Å². The number of carbonyl (C=O) groups is 1. The van der Waals surface area contributed by atoms with Crippen molar-refractivity contribution in [2.24, 2.45) is 11.5 Å². The van der Waals surface area contributed by atoms with Crippen LogP contribution in [0, 0.1) is 0 Å². The molecule has 4 nitrogen and oxygen atoms in total. The molecule has 0 saturated carbocycles. The van der Waals surface area contributed by atoms with Crippen molar-refractivity contribution < 1.29 is 4.79 Å². The van der Waals surface area contributed by atoms with Crippen LogP contribution in [0.3, 0.4) is 0 Å². The summed E-state index contributed by atoms with van der Waals surface area (Å²) in [5.74, 6) is -0.280. The van der Waals surface area contributed by atoms with Gasteiger partial charge in [0, 0.05) is 29.4 Å². The fraction of sp³-hybridized carbons (Fsp3) is 0.462. The van der Waals surface area contributed by atoms with Crippen LogP contribution in [0.4, 0.5) is 5.69 Å². The lowest BCUT2D eigenvalue weighted by atomic mass is 9.99. The second-order valence-electron chi connectivity index (χ2n) is 4.55. The number of nitrogens with two attached hydrogens (primary N) is 2. The van der Waals surface area contributed by atoms with Gasteiger partial charge >= 0.3 is 0 Å². The van der Waals surface area contributed by atoms with E-state index in [1.54, 1.807) is 0 Å². The number of hydrogen-bond acceptors (Lipinski definition) is 3. The second-order valence-corrected chi connectivity index (χ2v) is 4.96. The van der Waals surface area contributed by atoms with Crippen LogP contribution in [-0.4, -0.2) is 18.5 Å². The van der Waals surface area contributed by atoms with Gasteiger partial charge in [0.25, 0.3) is 0 Å². The fourth-order valence-corrected chi connectivity index (χ4v) is 2.78. The zero-order valence-electron chi connectivity index (χ0n) is 10.2. The molecule has 0 aromatic heterocycles. The molecule has 0 aliphatic carbocycles. The predicted molar refractivity (Wildman–Crippen MR) is 73.5 cm³/mol. The Hall–Kier alpha value is -1.26. The Morgan fingerprint density at radius 1 is 1.44 bits per heavy atom. The Labute approximate surface area is 112 Å². The molecule has 1 fully saturated rings. The molecule has 1 amide bonds. The van der Waals surface area contributed by atoms with Crippen LogP contribution >= 0.6 is 11.6 Å². The average Bonchev–Trinajstić information content (AvgIpc) is 2.38. The molecule has 0 spiro atoms. The second kappa shape index (κ2) is 5.59. The van der Waals surface area contributed by atoms with Crippen LogP contribution in [0.25, 0.3) is 0 Å². The van der Waals surface area contributed by atoms with Crippen molar-refractivity contribution in [3.05, 3.63) is 28.8 Å². The van der Waals surface area contributed by atoms with E-state index in [0.717, 1.165) is 37.1 Å². The number of nitrogens with zero attached hydrogens (tertiary/aromatic N) is 1. The summed E-state index contributed by atoms with van der Waals surface area (Å²) in [7, 11) is 0. The summed E-state index contributed by atoms with van der Waals surface area (Å²) in [6.45, 7) is 1.18. The quantitative estimate of drug-likeness (QED) is 0.875. The van der Waals surface area contributed by atoms with E-state index >= 15 is 0 Å². The molecule has 1 aliphatic heterocycles. The van der Waals surface area contributed by atoms with Crippen LogP contribution in [0.15, 0.2) is 18.2 Å². The SMILES string of the molecule is NCc1c(Cl)cccc1N1CCCCC1C(N)=O. The summed E-state index contributed by atoms with van der Waals surface area (Å²) in [5.41, 5.74) is 13.1. The van der Waals surface area contributed by atoms with Gasteiger partial charge < -0.3 is 16.4 Å². The molecule has 1 atom stereocenters. The Kier molecular flexibility index (Phi) is 4.09. The van der Waals surface area contributed by atoms with Crippen molar-refractivity contribution in [3.8, 4) is 0 Å². The van der Waals surface area contributed by atoms with E-state index in [4.69, 9.17) is 23.1 Å². The van der Waals surface area contributed by atoms with Crippen LogP contribution in [-0.2, 0) is 11.3 Å². The van der Waals surface area contributed by atoms with E-state index in [1.807, 2.05) is 23.1 Å². The molecule has 98 valence electrons. The van der Waals surface area contributed by atoms with Crippen LogP contribution in [0.5, 0.6) is 0 Å². The maximum atomic E-state index is 11.5. The number of hydrogen-bond donors (Lipinski definition) is 2. The topological polar surface area (TPSA) is 72.3 Å². The number of amides is 1. The molecular formula is C13H18ClN3O. The van der Waals surface area contributed by atoms with E-state index in [-0.39, 0.29) is 11.9 Å². The number of carbonyl (C=O) groups excluding carboxylic acids is 1. The molecule has 1 unspecified atom stereocenters. The highest BCUT2D eigenvalue weighted by atomic mass is 35.5. The van der Waals surface area contributed by atoms with Gasteiger partial charge in [-0.05, 0) is 31.4 Å². The van der Waals surface area contributed by atoms with E-state index < -0.39 is 0 Å². The molecule has 1 aromatic rings. The third-order valence-corrected chi connectivity index (χ3v) is 3.79.